The van der Waals surface area contributed by atoms with Crippen molar-refractivity contribution < 1.29 is 4.74 Å². The molecule has 1 saturated carbocycles. The highest BCUT2D eigenvalue weighted by molar-refractivity contribution is 4.95. The summed E-state index contributed by atoms with van der Waals surface area (Å²) in [6.07, 6.45) is 7.55. The van der Waals surface area contributed by atoms with Gasteiger partial charge in [-0.3, -0.25) is 4.90 Å². The van der Waals surface area contributed by atoms with Crippen molar-refractivity contribution >= 4 is 0 Å². The highest BCUT2D eigenvalue weighted by Gasteiger charge is 2.37. The van der Waals surface area contributed by atoms with E-state index in [0.717, 1.165) is 32.0 Å². The molecule has 108 valence electrons. The molecule has 1 aliphatic carbocycles. The van der Waals surface area contributed by atoms with Gasteiger partial charge < -0.3 is 10.5 Å². The first-order valence-electron chi connectivity index (χ1n) is 7.62. The minimum absolute atomic E-state index is 0.274. The van der Waals surface area contributed by atoms with Gasteiger partial charge in [0.05, 0.1) is 0 Å². The smallest absolute Gasteiger partial charge is 0.0474 e. The SMILES string of the molecule is CCCN(CCCOC)C1(CN)CCC(C)CC1. The van der Waals surface area contributed by atoms with Crippen LogP contribution >= 0.6 is 0 Å². The minimum atomic E-state index is 0.274. The van der Waals surface area contributed by atoms with Gasteiger partial charge in [-0.05, 0) is 51.0 Å². The first-order chi connectivity index (χ1) is 8.68. The summed E-state index contributed by atoms with van der Waals surface area (Å²) < 4.78 is 5.18. The molecule has 0 bridgehead atoms. The van der Waals surface area contributed by atoms with Crippen LogP contribution in [0.2, 0.25) is 0 Å². The van der Waals surface area contributed by atoms with Crippen LogP contribution in [0, 0.1) is 5.92 Å². The standard InChI is InChI=1S/C15H32N2O/c1-4-10-17(11-5-12-18-3)15(13-16)8-6-14(2)7-9-15/h14H,4-13,16H2,1-3H3. The van der Waals surface area contributed by atoms with Crippen LogP contribution in [0.3, 0.4) is 0 Å². The molecule has 0 aliphatic heterocycles. The zero-order valence-corrected chi connectivity index (χ0v) is 12.6. The van der Waals surface area contributed by atoms with Gasteiger partial charge in [0.25, 0.3) is 0 Å². The molecular weight excluding hydrogens is 224 g/mol. The van der Waals surface area contributed by atoms with Crippen molar-refractivity contribution in [2.45, 2.75) is 57.9 Å². The molecule has 0 atom stereocenters. The lowest BCUT2D eigenvalue weighted by atomic mass is 9.76. The summed E-state index contributed by atoms with van der Waals surface area (Å²) in [7, 11) is 1.78. The number of rotatable bonds is 8. The van der Waals surface area contributed by atoms with Gasteiger partial charge in [-0.1, -0.05) is 13.8 Å². The Labute approximate surface area is 113 Å². The summed E-state index contributed by atoms with van der Waals surface area (Å²) in [4.78, 5) is 2.65. The lowest BCUT2D eigenvalue weighted by molar-refractivity contribution is 0.0372. The molecule has 0 amide bonds. The van der Waals surface area contributed by atoms with E-state index < -0.39 is 0 Å². The molecule has 18 heavy (non-hydrogen) atoms. The van der Waals surface area contributed by atoms with Gasteiger partial charge in [-0.25, -0.2) is 0 Å². The van der Waals surface area contributed by atoms with Gasteiger partial charge in [0.15, 0.2) is 0 Å². The zero-order chi connectivity index (χ0) is 13.4. The lowest BCUT2D eigenvalue weighted by Crippen LogP contribution is -2.56. The Morgan fingerprint density at radius 3 is 2.44 bits per heavy atom. The van der Waals surface area contributed by atoms with Crippen molar-refractivity contribution in [3.8, 4) is 0 Å². The number of hydrogen-bond donors (Lipinski definition) is 1. The molecule has 1 rings (SSSR count). The van der Waals surface area contributed by atoms with Gasteiger partial charge in [0.2, 0.25) is 0 Å². The first kappa shape index (κ1) is 15.9. The third-order valence-electron chi connectivity index (χ3n) is 4.53. The Morgan fingerprint density at radius 2 is 1.94 bits per heavy atom. The van der Waals surface area contributed by atoms with E-state index in [0.29, 0.717) is 0 Å². The van der Waals surface area contributed by atoms with E-state index in [9.17, 15) is 0 Å². The molecule has 0 heterocycles. The Balaban J connectivity index is 2.60. The predicted octanol–water partition coefficient (Wildman–Crippen LogP) is 2.64. The quantitative estimate of drug-likeness (QED) is 0.679. The van der Waals surface area contributed by atoms with Gasteiger partial charge in [-0.15, -0.1) is 0 Å². The van der Waals surface area contributed by atoms with Crippen LogP contribution < -0.4 is 5.73 Å². The zero-order valence-electron chi connectivity index (χ0n) is 12.6. The van der Waals surface area contributed by atoms with Gasteiger partial charge in [-0.2, -0.15) is 0 Å². The topological polar surface area (TPSA) is 38.5 Å². The molecule has 3 nitrogen and oxygen atoms in total. The summed E-state index contributed by atoms with van der Waals surface area (Å²) in [6, 6.07) is 0. The van der Waals surface area contributed by atoms with Crippen molar-refractivity contribution in [2.24, 2.45) is 11.7 Å². The molecule has 1 fully saturated rings. The van der Waals surface area contributed by atoms with Crippen molar-refractivity contribution in [1.82, 2.24) is 4.90 Å². The van der Waals surface area contributed by atoms with E-state index in [2.05, 4.69) is 18.7 Å². The average molecular weight is 256 g/mol. The second kappa shape index (κ2) is 8.13. The second-order valence-electron chi connectivity index (χ2n) is 5.94. The number of hydrogen-bond acceptors (Lipinski definition) is 3. The minimum Gasteiger partial charge on any atom is -0.385 e. The Kier molecular flexibility index (Phi) is 7.20. The summed E-state index contributed by atoms with van der Waals surface area (Å²) in [5.41, 5.74) is 6.42. The van der Waals surface area contributed by atoms with Crippen LogP contribution in [0.1, 0.15) is 52.4 Å². The van der Waals surface area contributed by atoms with Crippen LogP contribution in [0.4, 0.5) is 0 Å². The molecular formula is C15H32N2O. The van der Waals surface area contributed by atoms with Crippen molar-refractivity contribution in [3.05, 3.63) is 0 Å². The van der Waals surface area contributed by atoms with E-state index in [4.69, 9.17) is 10.5 Å². The third kappa shape index (κ3) is 4.22. The van der Waals surface area contributed by atoms with Crippen molar-refractivity contribution in [3.63, 3.8) is 0 Å². The highest BCUT2D eigenvalue weighted by Crippen LogP contribution is 2.36. The van der Waals surface area contributed by atoms with E-state index in [1.165, 1.54) is 38.6 Å². The largest absolute Gasteiger partial charge is 0.385 e. The monoisotopic (exact) mass is 256 g/mol. The van der Waals surface area contributed by atoms with Crippen molar-refractivity contribution in [1.29, 1.82) is 0 Å². The number of methoxy groups -OCH3 is 1. The van der Waals surface area contributed by atoms with Crippen LogP contribution in [0.15, 0.2) is 0 Å². The van der Waals surface area contributed by atoms with Gasteiger partial charge in [0.1, 0.15) is 0 Å². The fourth-order valence-electron chi connectivity index (χ4n) is 3.20. The van der Waals surface area contributed by atoms with Gasteiger partial charge in [0, 0.05) is 32.3 Å². The molecule has 0 aromatic heterocycles. The maximum absolute atomic E-state index is 6.15. The van der Waals surface area contributed by atoms with Crippen LogP contribution in [-0.4, -0.2) is 43.8 Å². The third-order valence-corrected chi connectivity index (χ3v) is 4.53. The summed E-state index contributed by atoms with van der Waals surface area (Å²) >= 11 is 0. The van der Waals surface area contributed by atoms with Gasteiger partial charge >= 0.3 is 0 Å². The molecule has 0 radical (unpaired) electrons. The van der Waals surface area contributed by atoms with E-state index in [1.54, 1.807) is 7.11 Å². The fourth-order valence-corrected chi connectivity index (χ4v) is 3.20. The Hall–Kier alpha value is -0.120. The number of ether oxygens (including phenoxy) is 1. The highest BCUT2D eigenvalue weighted by atomic mass is 16.5. The lowest BCUT2D eigenvalue weighted by Gasteiger charge is -2.47. The normalized spacial score (nSPS) is 28.8. The maximum Gasteiger partial charge on any atom is 0.0474 e. The first-order valence-corrected chi connectivity index (χ1v) is 7.62. The second-order valence-corrected chi connectivity index (χ2v) is 5.94. The van der Waals surface area contributed by atoms with E-state index >= 15 is 0 Å². The summed E-state index contributed by atoms with van der Waals surface area (Å²) in [5, 5.41) is 0. The molecule has 0 aromatic rings. The van der Waals surface area contributed by atoms with Crippen molar-refractivity contribution in [2.75, 3.05) is 33.4 Å². The fraction of sp³-hybridized carbons (Fsp3) is 1.00. The molecule has 3 heteroatoms. The van der Waals surface area contributed by atoms with E-state index in [-0.39, 0.29) is 5.54 Å². The van der Waals surface area contributed by atoms with Crippen LogP contribution in [0.25, 0.3) is 0 Å². The Morgan fingerprint density at radius 1 is 1.28 bits per heavy atom. The average Bonchev–Trinajstić information content (AvgIpc) is 2.39. The summed E-state index contributed by atoms with van der Waals surface area (Å²) in [5.74, 6) is 0.882. The van der Waals surface area contributed by atoms with Crippen LogP contribution in [0.5, 0.6) is 0 Å². The molecule has 0 unspecified atom stereocenters. The molecule has 0 spiro atoms. The number of nitrogens with zero attached hydrogens (tertiary/aromatic N) is 1. The van der Waals surface area contributed by atoms with Crippen LogP contribution in [-0.2, 0) is 4.74 Å². The molecule has 1 aliphatic rings. The van der Waals surface area contributed by atoms with E-state index in [1.807, 2.05) is 0 Å². The Bertz CT molecular complexity index is 213. The molecule has 2 N–H and O–H groups in total. The predicted molar refractivity (Wildman–Crippen MR) is 77.8 cm³/mol. The number of nitrogens with two attached hydrogens (primary N) is 1. The molecule has 0 saturated heterocycles. The summed E-state index contributed by atoms with van der Waals surface area (Å²) in [6.45, 7) is 8.61. The molecule has 0 aromatic carbocycles. The maximum atomic E-state index is 6.15.